The lowest BCUT2D eigenvalue weighted by Crippen LogP contribution is -2.47. The zero-order valence-corrected chi connectivity index (χ0v) is 13.9. The fraction of sp³-hybridized carbons (Fsp3) is 0.579. The first-order chi connectivity index (χ1) is 10.1. The Morgan fingerprint density at radius 3 is 2.52 bits per heavy atom. The van der Waals surface area contributed by atoms with Crippen LogP contribution in [0.25, 0.3) is 0 Å². The maximum absolute atomic E-state index is 5.71. The standard InChI is InChI=1S/C19H29NO/c1-5-17(14-16-10-8-7-9-11-16)20(6-2)18-12-13-21-19(3,4)15-18/h7-13,17-18H,5-6,14-15H2,1-4H3. The van der Waals surface area contributed by atoms with E-state index in [9.17, 15) is 0 Å². The van der Waals surface area contributed by atoms with Crippen LogP contribution in [0.3, 0.4) is 0 Å². The Bertz CT molecular complexity index is 452. The number of nitrogens with zero attached hydrogens (tertiary/aromatic N) is 1. The third-order valence-corrected chi connectivity index (χ3v) is 4.43. The van der Waals surface area contributed by atoms with Gasteiger partial charge in [0.25, 0.3) is 0 Å². The average molecular weight is 287 g/mol. The van der Waals surface area contributed by atoms with Gasteiger partial charge in [0.15, 0.2) is 0 Å². The fourth-order valence-electron chi connectivity index (χ4n) is 3.31. The minimum absolute atomic E-state index is 0.0577. The Labute approximate surface area is 129 Å². The van der Waals surface area contributed by atoms with Crippen LogP contribution in [0, 0.1) is 0 Å². The summed E-state index contributed by atoms with van der Waals surface area (Å²) < 4.78 is 5.71. The van der Waals surface area contributed by atoms with Gasteiger partial charge in [0, 0.05) is 18.5 Å². The second kappa shape index (κ2) is 7.13. The highest BCUT2D eigenvalue weighted by Gasteiger charge is 2.31. The molecule has 0 radical (unpaired) electrons. The van der Waals surface area contributed by atoms with Crippen LogP contribution in [0.5, 0.6) is 0 Å². The first kappa shape index (κ1) is 16.1. The lowest BCUT2D eigenvalue weighted by atomic mass is 9.93. The van der Waals surface area contributed by atoms with E-state index in [0.717, 1.165) is 19.4 Å². The van der Waals surface area contributed by atoms with Crippen LogP contribution < -0.4 is 0 Å². The van der Waals surface area contributed by atoms with Gasteiger partial charge >= 0.3 is 0 Å². The number of ether oxygens (including phenoxy) is 1. The molecule has 0 amide bonds. The predicted molar refractivity (Wildman–Crippen MR) is 89.3 cm³/mol. The van der Waals surface area contributed by atoms with Crippen molar-refractivity contribution in [2.75, 3.05) is 6.54 Å². The molecule has 1 aromatic carbocycles. The van der Waals surface area contributed by atoms with Gasteiger partial charge in [0.1, 0.15) is 5.60 Å². The number of hydrogen-bond acceptors (Lipinski definition) is 2. The molecule has 0 aromatic heterocycles. The Kier molecular flexibility index (Phi) is 5.46. The quantitative estimate of drug-likeness (QED) is 0.768. The van der Waals surface area contributed by atoms with Crippen LogP contribution in [0.2, 0.25) is 0 Å². The largest absolute Gasteiger partial charge is 0.496 e. The molecular formula is C19H29NO. The summed E-state index contributed by atoms with van der Waals surface area (Å²) in [7, 11) is 0. The first-order valence-electron chi connectivity index (χ1n) is 8.20. The van der Waals surface area contributed by atoms with E-state index < -0.39 is 0 Å². The van der Waals surface area contributed by atoms with E-state index in [2.05, 4.69) is 69.0 Å². The molecule has 2 rings (SSSR count). The summed E-state index contributed by atoms with van der Waals surface area (Å²) in [5.41, 5.74) is 1.37. The molecule has 1 aliphatic rings. The average Bonchev–Trinajstić information content (AvgIpc) is 2.47. The van der Waals surface area contributed by atoms with Gasteiger partial charge in [-0.25, -0.2) is 0 Å². The van der Waals surface area contributed by atoms with Crippen molar-refractivity contribution in [3.8, 4) is 0 Å². The zero-order valence-electron chi connectivity index (χ0n) is 13.9. The van der Waals surface area contributed by atoms with E-state index >= 15 is 0 Å². The fourth-order valence-corrected chi connectivity index (χ4v) is 3.31. The van der Waals surface area contributed by atoms with Crippen molar-refractivity contribution in [3.05, 3.63) is 48.2 Å². The van der Waals surface area contributed by atoms with Gasteiger partial charge in [-0.3, -0.25) is 4.90 Å². The van der Waals surface area contributed by atoms with Crippen LogP contribution in [0.4, 0.5) is 0 Å². The topological polar surface area (TPSA) is 12.5 Å². The molecule has 1 heterocycles. The van der Waals surface area contributed by atoms with E-state index in [1.165, 1.54) is 12.0 Å². The number of hydrogen-bond donors (Lipinski definition) is 0. The molecule has 0 aliphatic carbocycles. The maximum atomic E-state index is 5.71. The molecule has 0 saturated carbocycles. The van der Waals surface area contributed by atoms with Gasteiger partial charge in [-0.2, -0.15) is 0 Å². The Morgan fingerprint density at radius 1 is 1.24 bits per heavy atom. The SMILES string of the molecule is CCC(Cc1ccccc1)N(CC)C1C=COC(C)(C)C1. The molecule has 2 atom stereocenters. The third-order valence-electron chi connectivity index (χ3n) is 4.43. The maximum Gasteiger partial charge on any atom is 0.104 e. The van der Waals surface area contributed by atoms with Gasteiger partial charge in [0.05, 0.1) is 6.26 Å². The lowest BCUT2D eigenvalue weighted by molar-refractivity contribution is 0.00190. The summed E-state index contributed by atoms with van der Waals surface area (Å²) in [6, 6.07) is 11.9. The summed E-state index contributed by atoms with van der Waals surface area (Å²) in [6.07, 6.45) is 7.47. The van der Waals surface area contributed by atoms with Crippen LogP contribution in [-0.4, -0.2) is 29.1 Å². The molecule has 2 nitrogen and oxygen atoms in total. The molecule has 2 heteroatoms. The summed E-state index contributed by atoms with van der Waals surface area (Å²) >= 11 is 0. The van der Waals surface area contributed by atoms with Gasteiger partial charge in [-0.05, 0) is 44.9 Å². The summed E-state index contributed by atoms with van der Waals surface area (Å²) in [4.78, 5) is 2.63. The van der Waals surface area contributed by atoms with Gasteiger partial charge < -0.3 is 4.74 Å². The Balaban J connectivity index is 2.10. The van der Waals surface area contributed by atoms with Crippen LogP contribution in [-0.2, 0) is 11.2 Å². The van der Waals surface area contributed by atoms with Crippen molar-refractivity contribution < 1.29 is 4.74 Å². The minimum atomic E-state index is -0.0577. The van der Waals surface area contributed by atoms with Crippen molar-refractivity contribution in [1.29, 1.82) is 0 Å². The van der Waals surface area contributed by atoms with Gasteiger partial charge in [-0.1, -0.05) is 44.2 Å². The molecule has 1 aliphatic heterocycles. The Hall–Kier alpha value is -1.28. The highest BCUT2D eigenvalue weighted by atomic mass is 16.5. The zero-order chi connectivity index (χ0) is 15.3. The molecule has 116 valence electrons. The van der Waals surface area contributed by atoms with E-state index in [-0.39, 0.29) is 5.60 Å². The number of likely N-dealkylation sites (N-methyl/N-ethyl adjacent to an activating group) is 1. The van der Waals surface area contributed by atoms with Crippen molar-refractivity contribution in [2.24, 2.45) is 0 Å². The monoisotopic (exact) mass is 287 g/mol. The number of rotatable bonds is 6. The number of benzene rings is 1. The summed E-state index contributed by atoms with van der Waals surface area (Å²) in [5, 5.41) is 0. The van der Waals surface area contributed by atoms with E-state index in [1.54, 1.807) is 0 Å². The lowest BCUT2D eigenvalue weighted by Gasteiger charge is -2.41. The predicted octanol–water partition coefficient (Wildman–Crippen LogP) is 4.41. The van der Waals surface area contributed by atoms with E-state index in [1.807, 2.05) is 6.26 Å². The highest BCUT2D eigenvalue weighted by Crippen LogP contribution is 2.28. The van der Waals surface area contributed by atoms with Crippen LogP contribution >= 0.6 is 0 Å². The second-order valence-corrected chi connectivity index (χ2v) is 6.56. The smallest absolute Gasteiger partial charge is 0.104 e. The highest BCUT2D eigenvalue weighted by molar-refractivity contribution is 5.16. The van der Waals surface area contributed by atoms with Crippen LogP contribution in [0.15, 0.2) is 42.7 Å². The van der Waals surface area contributed by atoms with Crippen molar-refractivity contribution in [1.82, 2.24) is 4.90 Å². The first-order valence-corrected chi connectivity index (χ1v) is 8.20. The molecule has 0 spiro atoms. The van der Waals surface area contributed by atoms with Gasteiger partial charge in [-0.15, -0.1) is 0 Å². The van der Waals surface area contributed by atoms with Crippen molar-refractivity contribution in [2.45, 2.75) is 64.6 Å². The molecule has 0 fully saturated rings. The Morgan fingerprint density at radius 2 is 1.95 bits per heavy atom. The minimum Gasteiger partial charge on any atom is -0.496 e. The molecule has 0 N–H and O–H groups in total. The molecule has 2 unspecified atom stereocenters. The normalized spacial score (nSPS) is 22.0. The molecule has 0 bridgehead atoms. The van der Waals surface area contributed by atoms with E-state index in [0.29, 0.717) is 12.1 Å². The van der Waals surface area contributed by atoms with Gasteiger partial charge in [0.2, 0.25) is 0 Å². The van der Waals surface area contributed by atoms with E-state index in [4.69, 9.17) is 4.74 Å². The summed E-state index contributed by atoms with van der Waals surface area (Å²) in [6.45, 7) is 10.00. The molecule has 1 aromatic rings. The summed E-state index contributed by atoms with van der Waals surface area (Å²) in [5.74, 6) is 0. The molecular weight excluding hydrogens is 258 g/mol. The third kappa shape index (κ3) is 4.34. The molecule has 0 saturated heterocycles. The van der Waals surface area contributed by atoms with Crippen molar-refractivity contribution in [3.63, 3.8) is 0 Å². The van der Waals surface area contributed by atoms with Crippen LogP contribution in [0.1, 0.15) is 46.1 Å². The second-order valence-electron chi connectivity index (χ2n) is 6.56. The molecule has 21 heavy (non-hydrogen) atoms. The van der Waals surface area contributed by atoms with Crippen molar-refractivity contribution >= 4 is 0 Å².